The minimum atomic E-state index is -0.983. The standard InChI is InChI=1S/C13H18N2O2S/c1-18-11-7-3-2-5-9(11)14-12-8-4-6-10(15-12)13(16)17/h4,6,8-9,11H,2-3,5,7H2,1H3,(H,14,15)(H,16,17). The van der Waals surface area contributed by atoms with Crippen LogP contribution in [0.4, 0.5) is 5.82 Å². The summed E-state index contributed by atoms with van der Waals surface area (Å²) in [5, 5.41) is 12.9. The molecule has 1 aliphatic rings. The zero-order chi connectivity index (χ0) is 13.0. The number of carboxylic acids is 1. The van der Waals surface area contributed by atoms with Crippen LogP contribution in [0.2, 0.25) is 0 Å². The average Bonchev–Trinajstić information content (AvgIpc) is 2.39. The largest absolute Gasteiger partial charge is 0.477 e. The topological polar surface area (TPSA) is 62.2 Å². The molecular weight excluding hydrogens is 248 g/mol. The molecule has 5 heteroatoms. The minimum Gasteiger partial charge on any atom is -0.477 e. The first-order valence-electron chi connectivity index (χ1n) is 6.20. The van der Waals surface area contributed by atoms with Crippen molar-refractivity contribution >= 4 is 23.5 Å². The van der Waals surface area contributed by atoms with Gasteiger partial charge in [-0.05, 0) is 31.2 Å². The summed E-state index contributed by atoms with van der Waals surface area (Å²) in [5.41, 5.74) is 0.0940. The summed E-state index contributed by atoms with van der Waals surface area (Å²) >= 11 is 1.88. The lowest BCUT2D eigenvalue weighted by atomic mass is 9.95. The summed E-state index contributed by atoms with van der Waals surface area (Å²) in [7, 11) is 0. The molecule has 0 radical (unpaired) electrons. The van der Waals surface area contributed by atoms with E-state index in [2.05, 4.69) is 16.6 Å². The molecule has 1 aromatic rings. The first-order valence-corrected chi connectivity index (χ1v) is 7.49. The van der Waals surface area contributed by atoms with E-state index in [0.29, 0.717) is 17.1 Å². The number of thioether (sulfide) groups is 1. The van der Waals surface area contributed by atoms with Crippen LogP contribution in [0.15, 0.2) is 18.2 Å². The van der Waals surface area contributed by atoms with E-state index in [-0.39, 0.29) is 5.69 Å². The summed E-state index contributed by atoms with van der Waals surface area (Å²) in [6.07, 6.45) is 6.99. The van der Waals surface area contributed by atoms with Gasteiger partial charge in [0.05, 0.1) is 0 Å². The molecule has 1 fully saturated rings. The van der Waals surface area contributed by atoms with Gasteiger partial charge in [0.2, 0.25) is 0 Å². The number of pyridine rings is 1. The van der Waals surface area contributed by atoms with Crippen molar-refractivity contribution in [1.82, 2.24) is 4.98 Å². The van der Waals surface area contributed by atoms with Crippen LogP contribution in [0.1, 0.15) is 36.2 Å². The van der Waals surface area contributed by atoms with Gasteiger partial charge in [-0.2, -0.15) is 11.8 Å². The van der Waals surface area contributed by atoms with E-state index in [9.17, 15) is 4.79 Å². The van der Waals surface area contributed by atoms with Crippen LogP contribution in [-0.2, 0) is 0 Å². The van der Waals surface area contributed by atoms with E-state index in [1.165, 1.54) is 25.3 Å². The Morgan fingerprint density at radius 2 is 2.22 bits per heavy atom. The number of carbonyl (C=O) groups is 1. The molecule has 2 unspecified atom stereocenters. The van der Waals surface area contributed by atoms with Crippen LogP contribution in [0.25, 0.3) is 0 Å². The fourth-order valence-corrected chi connectivity index (χ4v) is 3.30. The number of anilines is 1. The van der Waals surface area contributed by atoms with Crippen molar-refractivity contribution in [2.45, 2.75) is 37.0 Å². The van der Waals surface area contributed by atoms with Crippen molar-refractivity contribution in [3.05, 3.63) is 23.9 Å². The van der Waals surface area contributed by atoms with Crippen molar-refractivity contribution in [1.29, 1.82) is 0 Å². The summed E-state index contributed by atoms with van der Waals surface area (Å²) in [6, 6.07) is 5.47. The summed E-state index contributed by atoms with van der Waals surface area (Å²) in [4.78, 5) is 15.0. The van der Waals surface area contributed by atoms with Crippen molar-refractivity contribution in [2.24, 2.45) is 0 Å². The Kier molecular flexibility index (Phi) is 4.47. The lowest BCUT2D eigenvalue weighted by molar-refractivity contribution is 0.0690. The number of carboxylic acid groups (broad SMARTS) is 1. The smallest absolute Gasteiger partial charge is 0.354 e. The number of hydrogen-bond donors (Lipinski definition) is 2. The SMILES string of the molecule is CSC1CCCCC1Nc1cccc(C(=O)O)n1. The molecule has 2 atom stereocenters. The molecule has 0 saturated heterocycles. The van der Waals surface area contributed by atoms with Gasteiger partial charge in [-0.25, -0.2) is 9.78 Å². The van der Waals surface area contributed by atoms with Crippen molar-refractivity contribution in [3.8, 4) is 0 Å². The minimum absolute atomic E-state index is 0.0940. The van der Waals surface area contributed by atoms with Crippen LogP contribution >= 0.6 is 11.8 Å². The molecule has 1 aromatic heterocycles. The molecule has 0 aliphatic heterocycles. The second-order valence-electron chi connectivity index (χ2n) is 4.52. The zero-order valence-corrected chi connectivity index (χ0v) is 11.2. The predicted molar refractivity (Wildman–Crippen MR) is 74.4 cm³/mol. The van der Waals surface area contributed by atoms with Gasteiger partial charge in [0.25, 0.3) is 0 Å². The molecule has 1 saturated carbocycles. The highest BCUT2D eigenvalue weighted by Gasteiger charge is 2.24. The van der Waals surface area contributed by atoms with Gasteiger partial charge in [-0.1, -0.05) is 18.9 Å². The van der Waals surface area contributed by atoms with Crippen molar-refractivity contribution < 1.29 is 9.90 Å². The predicted octanol–water partition coefficient (Wildman–Crippen LogP) is 2.87. The highest BCUT2D eigenvalue weighted by molar-refractivity contribution is 7.99. The molecule has 2 N–H and O–H groups in total. The molecule has 2 rings (SSSR count). The van der Waals surface area contributed by atoms with Crippen LogP contribution in [0.5, 0.6) is 0 Å². The fourth-order valence-electron chi connectivity index (χ4n) is 2.37. The molecule has 98 valence electrons. The van der Waals surface area contributed by atoms with E-state index in [1.54, 1.807) is 6.07 Å². The van der Waals surface area contributed by atoms with Crippen LogP contribution in [-0.4, -0.2) is 33.6 Å². The van der Waals surface area contributed by atoms with E-state index in [0.717, 1.165) is 6.42 Å². The maximum absolute atomic E-state index is 10.9. The van der Waals surface area contributed by atoms with Gasteiger partial charge in [-0.15, -0.1) is 0 Å². The monoisotopic (exact) mass is 266 g/mol. The van der Waals surface area contributed by atoms with E-state index < -0.39 is 5.97 Å². The van der Waals surface area contributed by atoms with Crippen molar-refractivity contribution in [3.63, 3.8) is 0 Å². The number of nitrogens with zero attached hydrogens (tertiary/aromatic N) is 1. The Hall–Kier alpha value is -1.23. The molecule has 0 bridgehead atoms. The van der Waals surface area contributed by atoms with Crippen LogP contribution < -0.4 is 5.32 Å². The quantitative estimate of drug-likeness (QED) is 0.877. The van der Waals surface area contributed by atoms with E-state index in [1.807, 2.05) is 17.8 Å². The van der Waals surface area contributed by atoms with E-state index in [4.69, 9.17) is 5.11 Å². The second kappa shape index (κ2) is 6.09. The van der Waals surface area contributed by atoms with Crippen LogP contribution in [0, 0.1) is 0 Å². The average molecular weight is 266 g/mol. The maximum Gasteiger partial charge on any atom is 0.354 e. The first-order chi connectivity index (χ1) is 8.70. The summed E-state index contributed by atoms with van der Waals surface area (Å²) in [5.74, 6) is -0.315. The maximum atomic E-state index is 10.9. The van der Waals surface area contributed by atoms with Gasteiger partial charge < -0.3 is 10.4 Å². The zero-order valence-electron chi connectivity index (χ0n) is 10.4. The molecule has 0 amide bonds. The lowest BCUT2D eigenvalue weighted by Crippen LogP contribution is -2.34. The molecule has 1 aliphatic carbocycles. The summed E-state index contributed by atoms with van der Waals surface area (Å²) < 4.78 is 0. The highest BCUT2D eigenvalue weighted by Crippen LogP contribution is 2.29. The highest BCUT2D eigenvalue weighted by atomic mass is 32.2. The number of aromatic carboxylic acids is 1. The Balaban J connectivity index is 2.07. The number of aromatic nitrogens is 1. The van der Waals surface area contributed by atoms with Gasteiger partial charge in [0.1, 0.15) is 5.82 Å². The normalized spacial score (nSPS) is 23.6. The third-order valence-electron chi connectivity index (χ3n) is 3.31. The number of hydrogen-bond acceptors (Lipinski definition) is 4. The van der Waals surface area contributed by atoms with Gasteiger partial charge in [0, 0.05) is 11.3 Å². The van der Waals surface area contributed by atoms with Gasteiger partial charge in [-0.3, -0.25) is 0 Å². The molecule has 0 aromatic carbocycles. The Labute approximate surface area is 111 Å². The Morgan fingerprint density at radius 1 is 1.44 bits per heavy atom. The molecule has 1 heterocycles. The fraction of sp³-hybridized carbons (Fsp3) is 0.538. The Morgan fingerprint density at radius 3 is 2.94 bits per heavy atom. The molecular formula is C13H18N2O2S. The lowest BCUT2D eigenvalue weighted by Gasteiger charge is -2.31. The Bertz CT molecular complexity index is 425. The summed E-state index contributed by atoms with van der Waals surface area (Å²) in [6.45, 7) is 0. The number of rotatable bonds is 4. The first kappa shape index (κ1) is 13.2. The van der Waals surface area contributed by atoms with Gasteiger partial charge >= 0.3 is 5.97 Å². The van der Waals surface area contributed by atoms with Crippen LogP contribution in [0.3, 0.4) is 0 Å². The van der Waals surface area contributed by atoms with Crippen molar-refractivity contribution in [2.75, 3.05) is 11.6 Å². The number of nitrogens with one attached hydrogen (secondary N) is 1. The molecule has 0 spiro atoms. The third-order valence-corrected chi connectivity index (χ3v) is 4.48. The molecule has 4 nitrogen and oxygen atoms in total. The second-order valence-corrected chi connectivity index (χ2v) is 5.60. The van der Waals surface area contributed by atoms with E-state index >= 15 is 0 Å². The van der Waals surface area contributed by atoms with Gasteiger partial charge in [0.15, 0.2) is 5.69 Å². The third kappa shape index (κ3) is 3.16. The molecule has 18 heavy (non-hydrogen) atoms.